The molecule has 18 heavy (non-hydrogen) atoms. The van der Waals surface area contributed by atoms with Crippen molar-refractivity contribution in [2.75, 3.05) is 5.75 Å². The van der Waals surface area contributed by atoms with Crippen LogP contribution in [-0.4, -0.2) is 17.3 Å². The van der Waals surface area contributed by atoms with Crippen LogP contribution in [0.3, 0.4) is 0 Å². The lowest BCUT2D eigenvalue weighted by Crippen LogP contribution is -2.22. The van der Waals surface area contributed by atoms with Crippen molar-refractivity contribution in [3.05, 3.63) is 29.3 Å². The summed E-state index contributed by atoms with van der Waals surface area (Å²) in [5.74, 6) is 1.39. The van der Waals surface area contributed by atoms with Crippen LogP contribution >= 0.6 is 23.4 Å². The van der Waals surface area contributed by atoms with Crippen LogP contribution in [0.5, 0.6) is 0 Å². The SMILES string of the molecule is O=C1CC(=O)CC(CCSc2ccc(Cl)cc2)C1. The fraction of sp³-hybridized carbons (Fsp3) is 0.429. The molecule has 1 aromatic carbocycles. The normalized spacial score (nSPS) is 17.2. The largest absolute Gasteiger partial charge is 0.299 e. The summed E-state index contributed by atoms with van der Waals surface area (Å²) in [4.78, 5) is 23.8. The average Bonchev–Trinajstić information content (AvgIpc) is 2.30. The zero-order chi connectivity index (χ0) is 13.0. The van der Waals surface area contributed by atoms with Gasteiger partial charge in [0.15, 0.2) is 0 Å². The van der Waals surface area contributed by atoms with Crippen LogP contribution in [0, 0.1) is 5.92 Å². The Morgan fingerprint density at radius 3 is 2.33 bits per heavy atom. The van der Waals surface area contributed by atoms with Gasteiger partial charge in [-0.3, -0.25) is 9.59 Å². The minimum absolute atomic E-state index is 0.104. The highest BCUT2D eigenvalue weighted by atomic mass is 35.5. The van der Waals surface area contributed by atoms with E-state index in [1.54, 1.807) is 11.8 Å². The summed E-state index contributed by atoms with van der Waals surface area (Å²) in [6.07, 6.45) is 2.23. The summed E-state index contributed by atoms with van der Waals surface area (Å²) in [6.45, 7) is 0. The molecular weight excluding hydrogens is 268 g/mol. The van der Waals surface area contributed by atoms with Crippen LogP contribution in [0.25, 0.3) is 0 Å². The Balaban J connectivity index is 1.76. The first-order valence-electron chi connectivity index (χ1n) is 6.05. The van der Waals surface area contributed by atoms with E-state index in [0.717, 1.165) is 17.2 Å². The fourth-order valence-electron chi connectivity index (χ4n) is 2.16. The van der Waals surface area contributed by atoms with E-state index in [1.807, 2.05) is 24.3 Å². The molecule has 1 fully saturated rings. The second-order valence-electron chi connectivity index (χ2n) is 4.62. The number of halogens is 1. The maximum Gasteiger partial charge on any atom is 0.140 e. The predicted molar refractivity (Wildman–Crippen MR) is 74.1 cm³/mol. The summed E-state index contributed by atoms with van der Waals surface area (Å²) in [5, 5.41) is 0.739. The summed E-state index contributed by atoms with van der Waals surface area (Å²) >= 11 is 7.56. The number of benzene rings is 1. The molecule has 0 unspecified atom stereocenters. The van der Waals surface area contributed by atoms with Crippen LogP contribution in [-0.2, 0) is 9.59 Å². The lowest BCUT2D eigenvalue weighted by molar-refractivity contribution is -0.131. The summed E-state index contributed by atoms with van der Waals surface area (Å²) in [5.41, 5.74) is 0. The lowest BCUT2D eigenvalue weighted by Gasteiger charge is -2.19. The highest BCUT2D eigenvalue weighted by molar-refractivity contribution is 7.99. The van der Waals surface area contributed by atoms with E-state index in [1.165, 1.54) is 4.90 Å². The maximum atomic E-state index is 11.3. The molecule has 2 nitrogen and oxygen atoms in total. The van der Waals surface area contributed by atoms with Gasteiger partial charge < -0.3 is 0 Å². The molecule has 1 aliphatic carbocycles. The lowest BCUT2D eigenvalue weighted by atomic mass is 9.86. The number of carbonyl (C=O) groups excluding carboxylic acids is 2. The molecule has 96 valence electrons. The van der Waals surface area contributed by atoms with Crippen molar-refractivity contribution in [3.63, 3.8) is 0 Å². The second-order valence-corrected chi connectivity index (χ2v) is 6.22. The first kappa shape index (κ1) is 13.6. The van der Waals surface area contributed by atoms with Gasteiger partial charge in [0, 0.05) is 22.8 Å². The van der Waals surface area contributed by atoms with Crippen LogP contribution < -0.4 is 0 Å². The molecule has 0 amide bonds. The van der Waals surface area contributed by atoms with Crippen molar-refractivity contribution in [3.8, 4) is 0 Å². The van der Waals surface area contributed by atoms with Crippen LogP contribution in [0.15, 0.2) is 29.2 Å². The third-order valence-electron chi connectivity index (χ3n) is 3.04. The number of thioether (sulfide) groups is 1. The first-order valence-corrected chi connectivity index (χ1v) is 7.41. The van der Waals surface area contributed by atoms with Crippen molar-refractivity contribution >= 4 is 34.9 Å². The number of rotatable bonds is 4. The molecule has 0 radical (unpaired) electrons. The molecule has 4 heteroatoms. The number of Topliss-reactive ketones (excluding diaryl/α,β-unsaturated/α-hetero) is 2. The molecule has 0 aliphatic heterocycles. The van der Waals surface area contributed by atoms with Crippen LogP contribution in [0.1, 0.15) is 25.7 Å². The third kappa shape index (κ3) is 4.14. The molecule has 1 saturated carbocycles. The van der Waals surface area contributed by atoms with Crippen molar-refractivity contribution in [1.82, 2.24) is 0 Å². The van der Waals surface area contributed by atoms with E-state index in [-0.39, 0.29) is 23.9 Å². The minimum atomic E-state index is 0.104. The van der Waals surface area contributed by atoms with Gasteiger partial charge in [-0.15, -0.1) is 11.8 Å². The Labute approximate surface area is 116 Å². The standard InChI is InChI=1S/C14H15ClO2S/c15-11-1-3-14(4-2-11)18-6-5-10-7-12(16)9-13(17)8-10/h1-4,10H,5-9H2. The van der Waals surface area contributed by atoms with Gasteiger partial charge in [0.25, 0.3) is 0 Å². The highest BCUT2D eigenvalue weighted by Crippen LogP contribution is 2.27. The van der Waals surface area contributed by atoms with Gasteiger partial charge in [-0.1, -0.05) is 11.6 Å². The molecule has 0 heterocycles. The van der Waals surface area contributed by atoms with Crippen molar-refractivity contribution in [1.29, 1.82) is 0 Å². The fourth-order valence-corrected chi connectivity index (χ4v) is 3.30. The van der Waals surface area contributed by atoms with Crippen molar-refractivity contribution in [2.24, 2.45) is 5.92 Å². The van der Waals surface area contributed by atoms with Gasteiger partial charge >= 0.3 is 0 Å². The second kappa shape index (κ2) is 6.39. The maximum absolute atomic E-state index is 11.3. The number of hydrogen-bond donors (Lipinski definition) is 0. The Bertz CT molecular complexity index is 426. The number of ketones is 2. The first-order chi connectivity index (χ1) is 8.63. The highest BCUT2D eigenvalue weighted by Gasteiger charge is 2.24. The monoisotopic (exact) mass is 282 g/mol. The summed E-state index contributed by atoms with van der Waals surface area (Å²) in [6, 6.07) is 7.73. The Kier molecular flexibility index (Phi) is 4.84. The van der Waals surface area contributed by atoms with E-state index >= 15 is 0 Å². The van der Waals surface area contributed by atoms with Gasteiger partial charge in [0.2, 0.25) is 0 Å². The van der Waals surface area contributed by atoms with Crippen LogP contribution in [0.4, 0.5) is 0 Å². The van der Waals surface area contributed by atoms with Crippen molar-refractivity contribution in [2.45, 2.75) is 30.6 Å². The zero-order valence-electron chi connectivity index (χ0n) is 10.0. The molecule has 0 saturated heterocycles. The minimum Gasteiger partial charge on any atom is -0.299 e. The molecule has 2 rings (SSSR count). The molecule has 0 N–H and O–H groups in total. The molecule has 1 aliphatic rings. The zero-order valence-corrected chi connectivity index (χ0v) is 11.6. The third-order valence-corrected chi connectivity index (χ3v) is 4.33. The van der Waals surface area contributed by atoms with Gasteiger partial charge in [0.1, 0.15) is 11.6 Å². The van der Waals surface area contributed by atoms with Gasteiger partial charge in [-0.2, -0.15) is 0 Å². The molecule has 0 bridgehead atoms. The smallest absolute Gasteiger partial charge is 0.140 e. The van der Waals surface area contributed by atoms with E-state index in [4.69, 9.17) is 11.6 Å². The van der Waals surface area contributed by atoms with Gasteiger partial charge in [0.05, 0.1) is 6.42 Å². The Hall–Kier alpha value is -0.800. The molecule has 0 spiro atoms. The topological polar surface area (TPSA) is 34.1 Å². The Morgan fingerprint density at radius 2 is 1.72 bits per heavy atom. The Morgan fingerprint density at radius 1 is 1.11 bits per heavy atom. The number of hydrogen-bond acceptors (Lipinski definition) is 3. The van der Waals surface area contributed by atoms with E-state index in [0.29, 0.717) is 12.8 Å². The van der Waals surface area contributed by atoms with E-state index < -0.39 is 0 Å². The molecule has 0 atom stereocenters. The molecular formula is C14H15ClO2S. The number of carbonyl (C=O) groups is 2. The van der Waals surface area contributed by atoms with Gasteiger partial charge in [-0.25, -0.2) is 0 Å². The van der Waals surface area contributed by atoms with E-state index in [9.17, 15) is 9.59 Å². The van der Waals surface area contributed by atoms with Crippen molar-refractivity contribution < 1.29 is 9.59 Å². The summed E-state index contributed by atoms with van der Waals surface area (Å²) < 4.78 is 0. The summed E-state index contributed by atoms with van der Waals surface area (Å²) in [7, 11) is 0. The molecule has 0 aromatic heterocycles. The van der Waals surface area contributed by atoms with Crippen LogP contribution in [0.2, 0.25) is 5.02 Å². The molecule has 1 aromatic rings. The predicted octanol–water partition coefficient (Wildman–Crippen LogP) is 3.76. The van der Waals surface area contributed by atoms with E-state index in [2.05, 4.69) is 0 Å². The quantitative estimate of drug-likeness (QED) is 0.623. The van der Waals surface area contributed by atoms with Gasteiger partial charge in [-0.05, 0) is 42.4 Å². The average molecular weight is 283 g/mol.